The summed E-state index contributed by atoms with van der Waals surface area (Å²) in [6, 6.07) is 6.18. The first-order chi connectivity index (χ1) is 8.56. The van der Waals surface area contributed by atoms with E-state index in [1.54, 1.807) is 24.4 Å². The van der Waals surface area contributed by atoms with Gasteiger partial charge in [0, 0.05) is 10.7 Å². The van der Waals surface area contributed by atoms with Gasteiger partial charge in [0.1, 0.15) is 0 Å². The minimum absolute atomic E-state index is 0.304. The predicted octanol–water partition coefficient (Wildman–Crippen LogP) is 4.37. The highest BCUT2D eigenvalue weighted by Crippen LogP contribution is 2.23. The van der Waals surface area contributed by atoms with E-state index in [9.17, 15) is 4.79 Å². The average Bonchev–Trinajstić information content (AvgIpc) is 2.32. The van der Waals surface area contributed by atoms with Gasteiger partial charge in [0.05, 0.1) is 21.8 Å². The smallest absolute Gasteiger partial charge is 0.343 e. The second kappa shape index (κ2) is 5.69. The Hall–Kier alpha value is -1.10. The van der Waals surface area contributed by atoms with Crippen LogP contribution < -0.4 is 4.74 Å². The van der Waals surface area contributed by atoms with E-state index in [0.717, 1.165) is 4.47 Å². The Balaban J connectivity index is 2.19. The van der Waals surface area contributed by atoms with Gasteiger partial charge in [0.2, 0.25) is 0 Å². The number of hydrogen-bond donors (Lipinski definition) is 0. The van der Waals surface area contributed by atoms with E-state index in [4.69, 9.17) is 27.9 Å². The summed E-state index contributed by atoms with van der Waals surface area (Å²) in [5.74, 6) is -0.172. The molecule has 0 amide bonds. The number of carbonyl (C=O) groups excluding carboxylic acids is 1. The van der Waals surface area contributed by atoms with Crippen LogP contribution in [0.3, 0.4) is 0 Å². The van der Waals surface area contributed by atoms with E-state index in [1.807, 2.05) is 0 Å². The van der Waals surface area contributed by atoms with Crippen molar-refractivity contribution in [3.8, 4) is 5.75 Å². The molecule has 0 atom stereocenters. The van der Waals surface area contributed by atoms with Gasteiger partial charge in [-0.25, -0.2) is 4.79 Å². The zero-order valence-corrected chi connectivity index (χ0v) is 12.0. The molecule has 18 heavy (non-hydrogen) atoms. The van der Waals surface area contributed by atoms with Crippen LogP contribution in [0.15, 0.2) is 41.1 Å². The summed E-state index contributed by atoms with van der Waals surface area (Å²) in [4.78, 5) is 15.7. The van der Waals surface area contributed by atoms with Crippen molar-refractivity contribution in [3.63, 3.8) is 0 Å². The minimum Gasteiger partial charge on any atom is -0.421 e. The topological polar surface area (TPSA) is 39.2 Å². The molecule has 0 N–H and O–H groups in total. The minimum atomic E-state index is -0.520. The molecule has 1 aromatic heterocycles. The Morgan fingerprint density at radius 3 is 2.61 bits per heavy atom. The molecule has 2 aromatic rings. The number of rotatable bonds is 2. The van der Waals surface area contributed by atoms with E-state index in [2.05, 4.69) is 20.9 Å². The number of hydrogen-bond acceptors (Lipinski definition) is 3. The van der Waals surface area contributed by atoms with Crippen molar-refractivity contribution >= 4 is 45.1 Å². The molecule has 1 aromatic carbocycles. The number of nitrogens with zero attached hydrogens (tertiary/aromatic N) is 1. The fourth-order valence-electron chi connectivity index (χ4n) is 1.24. The highest BCUT2D eigenvalue weighted by atomic mass is 79.9. The molecule has 0 saturated carbocycles. The van der Waals surface area contributed by atoms with Gasteiger partial charge in [-0.1, -0.05) is 23.2 Å². The van der Waals surface area contributed by atoms with Gasteiger partial charge in [-0.15, -0.1) is 0 Å². The van der Waals surface area contributed by atoms with Gasteiger partial charge in [0.15, 0.2) is 5.75 Å². The Morgan fingerprint density at radius 1 is 1.17 bits per heavy atom. The third-order valence-corrected chi connectivity index (χ3v) is 3.22. The molecule has 0 radical (unpaired) electrons. The molecule has 92 valence electrons. The zero-order valence-electron chi connectivity index (χ0n) is 8.86. The third kappa shape index (κ3) is 3.22. The molecular weight excluding hydrogens is 341 g/mol. The standard InChI is InChI=1S/C12H6BrCl2NO2/c13-8-4-9(6-16-5-8)18-12(17)7-1-2-10(14)11(15)3-7/h1-6H. The van der Waals surface area contributed by atoms with Crippen LogP contribution in [0.4, 0.5) is 0 Å². The van der Waals surface area contributed by atoms with Crippen molar-refractivity contribution in [1.29, 1.82) is 0 Å². The zero-order chi connectivity index (χ0) is 13.1. The normalized spacial score (nSPS) is 10.2. The number of aromatic nitrogens is 1. The van der Waals surface area contributed by atoms with Gasteiger partial charge in [0.25, 0.3) is 0 Å². The number of benzene rings is 1. The second-order valence-electron chi connectivity index (χ2n) is 3.36. The first-order valence-electron chi connectivity index (χ1n) is 4.84. The molecular formula is C12H6BrCl2NO2. The summed E-state index contributed by atoms with van der Waals surface area (Å²) in [5, 5.41) is 0.691. The molecule has 1 heterocycles. The second-order valence-corrected chi connectivity index (χ2v) is 5.09. The first kappa shape index (κ1) is 13.3. The van der Waals surface area contributed by atoms with Crippen LogP contribution in [0.1, 0.15) is 10.4 Å². The molecule has 0 bridgehead atoms. The number of ether oxygens (including phenoxy) is 1. The lowest BCUT2D eigenvalue weighted by molar-refractivity contribution is 0.0734. The van der Waals surface area contributed by atoms with Crippen LogP contribution in [-0.4, -0.2) is 11.0 Å². The molecule has 0 unspecified atom stereocenters. The quantitative estimate of drug-likeness (QED) is 0.758. The lowest BCUT2D eigenvalue weighted by Crippen LogP contribution is -2.08. The Morgan fingerprint density at radius 2 is 1.94 bits per heavy atom. The summed E-state index contributed by atoms with van der Waals surface area (Å²) in [5.41, 5.74) is 0.323. The van der Waals surface area contributed by atoms with Gasteiger partial charge >= 0.3 is 5.97 Å². The van der Waals surface area contributed by atoms with Crippen molar-refractivity contribution in [2.75, 3.05) is 0 Å². The summed E-state index contributed by atoms with van der Waals surface area (Å²) in [7, 11) is 0. The Kier molecular flexibility index (Phi) is 4.22. The van der Waals surface area contributed by atoms with Gasteiger partial charge in [-0.3, -0.25) is 4.98 Å². The maximum Gasteiger partial charge on any atom is 0.343 e. The summed E-state index contributed by atoms with van der Waals surface area (Å²) in [6.45, 7) is 0. The van der Waals surface area contributed by atoms with Crippen molar-refractivity contribution in [3.05, 3.63) is 56.7 Å². The van der Waals surface area contributed by atoms with E-state index >= 15 is 0 Å². The fraction of sp³-hybridized carbons (Fsp3) is 0. The summed E-state index contributed by atoms with van der Waals surface area (Å²) < 4.78 is 5.87. The monoisotopic (exact) mass is 345 g/mol. The van der Waals surface area contributed by atoms with Crippen molar-refractivity contribution in [1.82, 2.24) is 4.98 Å². The molecule has 0 aliphatic heterocycles. The average molecular weight is 347 g/mol. The Bertz CT molecular complexity index is 604. The SMILES string of the molecule is O=C(Oc1cncc(Br)c1)c1ccc(Cl)c(Cl)c1. The fourth-order valence-corrected chi connectivity index (χ4v) is 1.88. The first-order valence-corrected chi connectivity index (χ1v) is 6.39. The van der Waals surface area contributed by atoms with Crippen LogP contribution in [0.25, 0.3) is 0 Å². The maximum absolute atomic E-state index is 11.8. The molecule has 2 rings (SSSR count). The summed E-state index contributed by atoms with van der Waals surface area (Å²) in [6.07, 6.45) is 3.04. The van der Waals surface area contributed by atoms with Crippen LogP contribution in [0, 0.1) is 0 Å². The maximum atomic E-state index is 11.8. The van der Waals surface area contributed by atoms with E-state index in [0.29, 0.717) is 21.4 Å². The lowest BCUT2D eigenvalue weighted by atomic mass is 10.2. The molecule has 0 aliphatic rings. The largest absolute Gasteiger partial charge is 0.421 e. The molecule has 0 fully saturated rings. The predicted molar refractivity (Wildman–Crippen MR) is 73.4 cm³/mol. The highest BCUT2D eigenvalue weighted by molar-refractivity contribution is 9.10. The van der Waals surface area contributed by atoms with Gasteiger partial charge in [-0.05, 0) is 40.2 Å². The van der Waals surface area contributed by atoms with Crippen molar-refractivity contribution < 1.29 is 9.53 Å². The van der Waals surface area contributed by atoms with Crippen LogP contribution in [0.2, 0.25) is 10.0 Å². The van der Waals surface area contributed by atoms with Crippen LogP contribution >= 0.6 is 39.1 Å². The lowest BCUT2D eigenvalue weighted by Gasteiger charge is -2.05. The van der Waals surface area contributed by atoms with E-state index in [1.165, 1.54) is 12.3 Å². The van der Waals surface area contributed by atoms with E-state index in [-0.39, 0.29) is 0 Å². The number of carbonyl (C=O) groups is 1. The van der Waals surface area contributed by atoms with Gasteiger partial charge < -0.3 is 4.74 Å². The summed E-state index contributed by atoms with van der Waals surface area (Å²) >= 11 is 14.8. The number of esters is 1. The highest BCUT2D eigenvalue weighted by Gasteiger charge is 2.11. The molecule has 3 nitrogen and oxygen atoms in total. The number of halogens is 3. The molecule has 0 spiro atoms. The number of pyridine rings is 1. The Labute approximate surface area is 122 Å². The van der Waals surface area contributed by atoms with Crippen molar-refractivity contribution in [2.45, 2.75) is 0 Å². The van der Waals surface area contributed by atoms with Crippen LogP contribution in [-0.2, 0) is 0 Å². The van der Waals surface area contributed by atoms with E-state index < -0.39 is 5.97 Å². The molecule has 0 aliphatic carbocycles. The van der Waals surface area contributed by atoms with Gasteiger partial charge in [-0.2, -0.15) is 0 Å². The molecule has 6 heteroatoms. The van der Waals surface area contributed by atoms with Crippen molar-refractivity contribution in [2.24, 2.45) is 0 Å². The molecule has 0 saturated heterocycles. The van der Waals surface area contributed by atoms with Crippen LogP contribution in [0.5, 0.6) is 5.75 Å². The third-order valence-electron chi connectivity index (χ3n) is 2.05.